The van der Waals surface area contributed by atoms with Gasteiger partial charge < -0.3 is 4.74 Å². The standard InChI is InChI=1S/C15H15O2/c1-10-4-6-13(7-5-10)17-14-8-11(2)15(16)12(3)9-14/h4-9H,1-3H3. The average molecular weight is 227 g/mol. The molecule has 0 fully saturated rings. The molecule has 0 amide bonds. The Hall–Kier alpha value is -1.96. The van der Waals surface area contributed by atoms with Crippen LogP contribution in [0, 0.1) is 20.8 Å². The molecular weight excluding hydrogens is 212 g/mol. The first kappa shape index (κ1) is 11.5. The highest BCUT2D eigenvalue weighted by Gasteiger charge is 2.06. The summed E-state index contributed by atoms with van der Waals surface area (Å²) < 4.78 is 5.71. The van der Waals surface area contributed by atoms with Crippen molar-refractivity contribution in [3.05, 3.63) is 53.1 Å². The van der Waals surface area contributed by atoms with E-state index in [4.69, 9.17) is 4.74 Å². The Balaban J connectivity index is 2.27. The summed E-state index contributed by atoms with van der Waals surface area (Å²) in [5, 5.41) is 11.6. The van der Waals surface area contributed by atoms with Crippen LogP contribution in [0.1, 0.15) is 16.7 Å². The van der Waals surface area contributed by atoms with E-state index in [1.165, 1.54) is 5.56 Å². The van der Waals surface area contributed by atoms with E-state index in [1.54, 1.807) is 26.0 Å². The van der Waals surface area contributed by atoms with Crippen LogP contribution in [-0.4, -0.2) is 0 Å². The zero-order chi connectivity index (χ0) is 12.4. The largest absolute Gasteiger partial charge is 0.457 e. The van der Waals surface area contributed by atoms with Gasteiger partial charge in [-0.3, -0.25) is 5.11 Å². The molecule has 0 aromatic heterocycles. The Morgan fingerprint density at radius 2 is 1.35 bits per heavy atom. The van der Waals surface area contributed by atoms with Crippen LogP contribution in [-0.2, 0) is 5.11 Å². The first-order valence-electron chi connectivity index (χ1n) is 5.59. The highest BCUT2D eigenvalue weighted by molar-refractivity contribution is 5.46. The summed E-state index contributed by atoms with van der Waals surface area (Å²) >= 11 is 0. The summed E-state index contributed by atoms with van der Waals surface area (Å²) in [5.41, 5.74) is 2.62. The average Bonchev–Trinajstić information content (AvgIpc) is 2.29. The molecule has 17 heavy (non-hydrogen) atoms. The Bertz CT molecular complexity index is 504. The number of rotatable bonds is 2. The van der Waals surface area contributed by atoms with E-state index in [0.717, 1.165) is 5.75 Å². The minimum atomic E-state index is 0.0845. The van der Waals surface area contributed by atoms with Gasteiger partial charge in [0.15, 0.2) is 5.75 Å². The van der Waals surface area contributed by atoms with E-state index in [0.29, 0.717) is 16.9 Å². The third-order valence-corrected chi connectivity index (χ3v) is 2.69. The van der Waals surface area contributed by atoms with Crippen molar-refractivity contribution in [2.24, 2.45) is 0 Å². The number of hydrogen-bond donors (Lipinski definition) is 0. The molecule has 2 aromatic rings. The highest BCUT2D eigenvalue weighted by Crippen LogP contribution is 2.30. The molecule has 0 saturated heterocycles. The predicted octanol–water partition coefficient (Wildman–Crippen LogP) is 4.55. The van der Waals surface area contributed by atoms with Crippen LogP contribution in [0.4, 0.5) is 0 Å². The van der Waals surface area contributed by atoms with Crippen molar-refractivity contribution in [3.63, 3.8) is 0 Å². The van der Waals surface area contributed by atoms with Crippen LogP contribution in [0.15, 0.2) is 36.4 Å². The molecule has 0 aliphatic heterocycles. The Labute approximate surface area is 101 Å². The van der Waals surface area contributed by atoms with Crippen LogP contribution < -0.4 is 4.74 Å². The molecule has 0 aliphatic rings. The zero-order valence-electron chi connectivity index (χ0n) is 10.3. The van der Waals surface area contributed by atoms with Crippen molar-refractivity contribution in [1.82, 2.24) is 0 Å². The van der Waals surface area contributed by atoms with E-state index in [2.05, 4.69) is 0 Å². The van der Waals surface area contributed by atoms with Crippen molar-refractivity contribution in [2.45, 2.75) is 20.8 Å². The van der Waals surface area contributed by atoms with Gasteiger partial charge in [0.25, 0.3) is 0 Å². The minimum Gasteiger partial charge on any atom is -0.457 e. The third-order valence-electron chi connectivity index (χ3n) is 2.69. The Morgan fingerprint density at radius 3 is 1.88 bits per heavy atom. The normalized spacial score (nSPS) is 10.3. The van der Waals surface area contributed by atoms with Gasteiger partial charge in [-0.15, -0.1) is 0 Å². The van der Waals surface area contributed by atoms with E-state index < -0.39 is 0 Å². The maximum atomic E-state index is 11.6. The molecule has 2 nitrogen and oxygen atoms in total. The lowest BCUT2D eigenvalue weighted by Crippen LogP contribution is -1.87. The van der Waals surface area contributed by atoms with Crippen LogP contribution in [0.3, 0.4) is 0 Å². The highest BCUT2D eigenvalue weighted by atomic mass is 16.5. The molecule has 0 unspecified atom stereocenters. The molecule has 2 aromatic carbocycles. The van der Waals surface area contributed by atoms with Gasteiger partial charge in [-0.1, -0.05) is 17.7 Å². The molecule has 0 aliphatic carbocycles. The second-order valence-corrected chi connectivity index (χ2v) is 4.30. The first-order valence-corrected chi connectivity index (χ1v) is 5.59. The molecule has 2 heteroatoms. The zero-order valence-corrected chi connectivity index (χ0v) is 10.3. The second kappa shape index (κ2) is 4.50. The Morgan fingerprint density at radius 1 is 0.824 bits per heavy atom. The van der Waals surface area contributed by atoms with Gasteiger partial charge in [0.1, 0.15) is 11.5 Å². The molecule has 2 rings (SSSR count). The lowest BCUT2D eigenvalue weighted by Gasteiger charge is -2.08. The summed E-state index contributed by atoms with van der Waals surface area (Å²) in [5.74, 6) is 1.58. The van der Waals surface area contributed by atoms with Crippen LogP contribution in [0.25, 0.3) is 0 Å². The smallest absolute Gasteiger partial charge is 0.184 e. The van der Waals surface area contributed by atoms with Gasteiger partial charge >= 0.3 is 0 Å². The quantitative estimate of drug-likeness (QED) is 0.740. The van der Waals surface area contributed by atoms with Gasteiger partial charge in [0.2, 0.25) is 0 Å². The maximum Gasteiger partial charge on any atom is 0.184 e. The van der Waals surface area contributed by atoms with Crippen molar-refractivity contribution < 1.29 is 9.84 Å². The molecule has 0 bridgehead atoms. The van der Waals surface area contributed by atoms with E-state index >= 15 is 0 Å². The van der Waals surface area contributed by atoms with Crippen molar-refractivity contribution in [3.8, 4) is 17.2 Å². The third kappa shape index (κ3) is 2.59. The van der Waals surface area contributed by atoms with Gasteiger partial charge in [0.05, 0.1) is 0 Å². The van der Waals surface area contributed by atoms with Crippen LogP contribution in [0.5, 0.6) is 17.2 Å². The fourth-order valence-corrected chi connectivity index (χ4v) is 1.71. The van der Waals surface area contributed by atoms with Gasteiger partial charge in [-0.25, -0.2) is 0 Å². The Kier molecular flexibility index (Phi) is 3.05. The molecular formula is C15H15O2. The molecule has 0 heterocycles. The van der Waals surface area contributed by atoms with Crippen molar-refractivity contribution in [1.29, 1.82) is 0 Å². The minimum absolute atomic E-state index is 0.0845. The number of hydrogen-bond acceptors (Lipinski definition) is 1. The fourth-order valence-electron chi connectivity index (χ4n) is 1.71. The molecule has 0 atom stereocenters. The molecule has 0 N–H and O–H groups in total. The van der Waals surface area contributed by atoms with Gasteiger partial charge in [-0.2, -0.15) is 0 Å². The summed E-state index contributed by atoms with van der Waals surface area (Å²) in [7, 11) is 0. The molecule has 1 radical (unpaired) electrons. The molecule has 87 valence electrons. The predicted molar refractivity (Wildman–Crippen MR) is 67.3 cm³/mol. The van der Waals surface area contributed by atoms with Gasteiger partial charge in [0, 0.05) is 11.1 Å². The second-order valence-electron chi connectivity index (χ2n) is 4.30. The topological polar surface area (TPSA) is 29.1 Å². The summed E-state index contributed by atoms with van der Waals surface area (Å²) in [6.45, 7) is 5.64. The van der Waals surface area contributed by atoms with Crippen molar-refractivity contribution >= 4 is 0 Å². The summed E-state index contributed by atoms with van der Waals surface area (Å²) in [4.78, 5) is 0. The molecule has 0 spiro atoms. The number of ether oxygens (including phenoxy) is 1. The lowest BCUT2D eigenvalue weighted by atomic mass is 10.1. The fraction of sp³-hybridized carbons (Fsp3) is 0.200. The van der Waals surface area contributed by atoms with Gasteiger partial charge in [-0.05, 0) is 45.0 Å². The summed E-state index contributed by atoms with van der Waals surface area (Å²) in [6, 6.07) is 11.4. The van der Waals surface area contributed by atoms with Crippen molar-refractivity contribution in [2.75, 3.05) is 0 Å². The van der Waals surface area contributed by atoms with E-state index in [1.807, 2.05) is 31.2 Å². The van der Waals surface area contributed by atoms with E-state index in [-0.39, 0.29) is 5.75 Å². The summed E-state index contributed by atoms with van der Waals surface area (Å²) in [6.07, 6.45) is 0. The molecule has 0 saturated carbocycles. The SMILES string of the molecule is Cc1ccc(Oc2cc(C)c([O])c(C)c2)cc1. The monoisotopic (exact) mass is 227 g/mol. The number of aryl methyl sites for hydroxylation is 3. The maximum absolute atomic E-state index is 11.6. The first-order chi connectivity index (χ1) is 8.06. The lowest BCUT2D eigenvalue weighted by molar-refractivity contribution is 0.347. The van der Waals surface area contributed by atoms with Crippen LogP contribution >= 0.6 is 0 Å². The van der Waals surface area contributed by atoms with Crippen LogP contribution in [0.2, 0.25) is 0 Å². The number of benzene rings is 2. The van der Waals surface area contributed by atoms with E-state index in [9.17, 15) is 5.11 Å².